The predicted octanol–water partition coefficient (Wildman–Crippen LogP) is 4.80. The molecule has 0 amide bonds. The number of hydrogen-bond acceptors (Lipinski definition) is 3. The molecule has 1 saturated heterocycles. The van der Waals surface area contributed by atoms with E-state index in [4.69, 9.17) is 4.74 Å². The molecule has 102 valence electrons. The number of benzene rings is 2. The number of thioether (sulfide) groups is 1. The lowest BCUT2D eigenvalue weighted by Crippen LogP contribution is -2.05. The van der Waals surface area contributed by atoms with Crippen molar-refractivity contribution in [2.24, 2.45) is 0 Å². The summed E-state index contributed by atoms with van der Waals surface area (Å²) in [5.41, 5.74) is 3.03. The van der Waals surface area contributed by atoms with Gasteiger partial charge in [-0.15, -0.1) is 0 Å². The van der Waals surface area contributed by atoms with E-state index in [0.29, 0.717) is 0 Å². The zero-order chi connectivity index (χ0) is 14.1. The Morgan fingerprint density at radius 1 is 1.00 bits per heavy atom. The minimum Gasteiger partial charge on any atom is -0.448 e. The van der Waals surface area contributed by atoms with Crippen molar-refractivity contribution in [2.45, 2.75) is 18.3 Å². The number of cyclic esters (lactones) is 1. The molecule has 3 rings (SSSR count). The van der Waals surface area contributed by atoms with Gasteiger partial charge in [0, 0.05) is 0 Å². The van der Waals surface area contributed by atoms with Gasteiger partial charge in [0.25, 0.3) is 0 Å². The quantitative estimate of drug-likeness (QED) is 0.742. The van der Waals surface area contributed by atoms with Crippen LogP contribution in [0, 0.1) is 12.7 Å². The van der Waals surface area contributed by atoms with Gasteiger partial charge in [-0.1, -0.05) is 42.0 Å². The summed E-state index contributed by atoms with van der Waals surface area (Å²) in [5, 5.41) is -0.376. The van der Waals surface area contributed by atoms with Crippen LogP contribution in [0.3, 0.4) is 0 Å². The summed E-state index contributed by atoms with van der Waals surface area (Å²) in [6.45, 7) is 2.02. The second-order valence-electron chi connectivity index (χ2n) is 4.79. The Hall–Kier alpha value is -1.81. The molecule has 0 radical (unpaired) electrons. The fourth-order valence-corrected chi connectivity index (χ4v) is 3.25. The molecular formula is C16H13FO2S. The van der Waals surface area contributed by atoms with Gasteiger partial charge in [-0.2, -0.15) is 0 Å². The number of carbonyl (C=O) groups excluding carboxylic acids is 1. The Labute approximate surface area is 121 Å². The first-order valence-electron chi connectivity index (χ1n) is 6.33. The standard InChI is InChI=1S/C16H13FO2S/c1-10-2-4-12(5-3-10)15-14(19-16(18)20-15)11-6-8-13(17)9-7-11/h2-9,14-15H,1H3/t14-,15+/m1/s1. The highest BCUT2D eigenvalue weighted by Crippen LogP contribution is 2.49. The zero-order valence-corrected chi connectivity index (χ0v) is 11.7. The molecule has 2 aromatic rings. The molecule has 2 aromatic carbocycles. The third kappa shape index (κ3) is 2.56. The number of aryl methyl sites for hydroxylation is 1. The van der Waals surface area contributed by atoms with Crippen molar-refractivity contribution in [3.63, 3.8) is 0 Å². The number of ether oxygens (including phenoxy) is 1. The van der Waals surface area contributed by atoms with Crippen molar-refractivity contribution in [3.8, 4) is 0 Å². The Balaban J connectivity index is 1.94. The predicted molar refractivity (Wildman–Crippen MR) is 77.1 cm³/mol. The van der Waals surface area contributed by atoms with Gasteiger partial charge < -0.3 is 4.74 Å². The van der Waals surface area contributed by atoms with Crippen LogP contribution in [0.4, 0.5) is 9.18 Å². The lowest BCUT2D eigenvalue weighted by Gasteiger charge is -2.17. The van der Waals surface area contributed by atoms with E-state index >= 15 is 0 Å². The van der Waals surface area contributed by atoms with Crippen LogP contribution in [0.15, 0.2) is 48.5 Å². The number of carbonyl (C=O) groups is 1. The Morgan fingerprint density at radius 2 is 1.60 bits per heavy atom. The third-order valence-corrected chi connectivity index (χ3v) is 4.39. The first-order valence-corrected chi connectivity index (χ1v) is 7.21. The molecular weight excluding hydrogens is 275 g/mol. The monoisotopic (exact) mass is 288 g/mol. The van der Waals surface area contributed by atoms with E-state index in [1.807, 2.05) is 31.2 Å². The van der Waals surface area contributed by atoms with E-state index in [2.05, 4.69) is 0 Å². The molecule has 4 heteroatoms. The van der Waals surface area contributed by atoms with E-state index in [-0.39, 0.29) is 22.5 Å². The van der Waals surface area contributed by atoms with Crippen LogP contribution in [0.25, 0.3) is 0 Å². The van der Waals surface area contributed by atoms with Crippen LogP contribution in [0.1, 0.15) is 28.0 Å². The van der Waals surface area contributed by atoms with Crippen LogP contribution in [0.2, 0.25) is 0 Å². The molecule has 0 unspecified atom stereocenters. The fraction of sp³-hybridized carbons (Fsp3) is 0.188. The lowest BCUT2D eigenvalue weighted by atomic mass is 10.00. The van der Waals surface area contributed by atoms with E-state index in [1.165, 1.54) is 29.5 Å². The van der Waals surface area contributed by atoms with Crippen molar-refractivity contribution in [2.75, 3.05) is 0 Å². The van der Waals surface area contributed by atoms with E-state index < -0.39 is 0 Å². The molecule has 0 aromatic heterocycles. The van der Waals surface area contributed by atoms with E-state index in [1.54, 1.807) is 12.1 Å². The maximum Gasteiger partial charge on any atom is 0.368 e. The maximum absolute atomic E-state index is 13.0. The Morgan fingerprint density at radius 3 is 2.25 bits per heavy atom. The van der Waals surface area contributed by atoms with Gasteiger partial charge in [-0.3, -0.25) is 0 Å². The minimum atomic E-state index is -0.365. The number of rotatable bonds is 2. The molecule has 1 aliphatic heterocycles. The third-order valence-electron chi connectivity index (χ3n) is 3.33. The molecule has 2 atom stereocenters. The van der Waals surface area contributed by atoms with Crippen molar-refractivity contribution in [1.82, 2.24) is 0 Å². The molecule has 0 saturated carbocycles. The molecule has 0 spiro atoms. The lowest BCUT2D eigenvalue weighted by molar-refractivity contribution is 0.133. The molecule has 0 bridgehead atoms. The SMILES string of the molecule is Cc1ccc([C@@H]2SC(=O)O[C@@H]2c2ccc(F)cc2)cc1. The van der Waals surface area contributed by atoms with Crippen LogP contribution in [-0.2, 0) is 4.74 Å². The van der Waals surface area contributed by atoms with Crippen molar-refractivity contribution < 1.29 is 13.9 Å². The highest BCUT2D eigenvalue weighted by molar-refractivity contribution is 8.13. The first-order chi connectivity index (χ1) is 9.63. The average Bonchev–Trinajstić information content (AvgIpc) is 2.82. The van der Waals surface area contributed by atoms with Crippen LogP contribution < -0.4 is 0 Å². The summed E-state index contributed by atoms with van der Waals surface area (Å²) in [5.74, 6) is -0.294. The summed E-state index contributed by atoms with van der Waals surface area (Å²) in [4.78, 5) is 11.6. The Kier molecular flexibility index (Phi) is 3.49. The van der Waals surface area contributed by atoms with Gasteiger partial charge in [0.1, 0.15) is 11.9 Å². The highest BCUT2D eigenvalue weighted by atomic mass is 32.2. The fourth-order valence-electron chi connectivity index (χ4n) is 2.25. The normalized spacial score (nSPS) is 21.8. The smallest absolute Gasteiger partial charge is 0.368 e. The van der Waals surface area contributed by atoms with E-state index in [9.17, 15) is 9.18 Å². The van der Waals surface area contributed by atoms with Crippen LogP contribution in [-0.4, -0.2) is 5.30 Å². The van der Waals surface area contributed by atoms with Crippen molar-refractivity contribution in [3.05, 3.63) is 71.0 Å². The van der Waals surface area contributed by atoms with Crippen LogP contribution in [0.5, 0.6) is 0 Å². The number of halogens is 1. The second-order valence-corrected chi connectivity index (χ2v) is 5.87. The summed E-state index contributed by atoms with van der Waals surface area (Å²) in [7, 11) is 0. The van der Waals surface area contributed by atoms with Gasteiger partial charge in [-0.05, 0) is 41.9 Å². The Bertz CT molecular complexity index is 566. The van der Waals surface area contributed by atoms with Gasteiger partial charge in [0.2, 0.25) is 0 Å². The average molecular weight is 288 g/mol. The molecule has 1 fully saturated rings. The summed E-state index contributed by atoms with van der Waals surface area (Å²) in [6.07, 6.45) is -0.365. The summed E-state index contributed by atoms with van der Waals surface area (Å²) >= 11 is 1.18. The first kappa shape index (κ1) is 13.2. The zero-order valence-electron chi connectivity index (χ0n) is 10.9. The summed E-state index contributed by atoms with van der Waals surface area (Å²) in [6, 6.07) is 14.1. The molecule has 1 aliphatic rings. The molecule has 20 heavy (non-hydrogen) atoms. The van der Waals surface area contributed by atoms with Gasteiger partial charge in [-0.25, -0.2) is 9.18 Å². The largest absolute Gasteiger partial charge is 0.448 e. The van der Waals surface area contributed by atoms with Crippen molar-refractivity contribution >= 4 is 17.1 Å². The van der Waals surface area contributed by atoms with Crippen LogP contribution >= 0.6 is 11.8 Å². The second kappa shape index (κ2) is 5.29. The van der Waals surface area contributed by atoms with Crippen molar-refractivity contribution in [1.29, 1.82) is 0 Å². The maximum atomic E-state index is 13.0. The number of hydrogen-bond donors (Lipinski definition) is 0. The minimum absolute atomic E-state index is 0.0893. The van der Waals surface area contributed by atoms with E-state index in [0.717, 1.165) is 11.1 Å². The molecule has 0 aliphatic carbocycles. The molecule has 1 heterocycles. The topological polar surface area (TPSA) is 26.3 Å². The van der Waals surface area contributed by atoms with Gasteiger partial charge in [0.05, 0.1) is 5.25 Å². The van der Waals surface area contributed by atoms with Gasteiger partial charge in [0.15, 0.2) is 0 Å². The molecule has 2 nitrogen and oxygen atoms in total. The molecule has 0 N–H and O–H groups in total. The van der Waals surface area contributed by atoms with Gasteiger partial charge >= 0.3 is 5.30 Å². The summed E-state index contributed by atoms with van der Waals surface area (Å²) < 4.78 is 18.4. The highest BCUT2D eigenvalue weighted by Gasteiger charge is 2.37.